The monoisotopic (exact) mass is 248 g/mol. The van der Waals surface area contributed by atoms with Gasteiger partial charge in [0, 0.05) is 6.61 Å². The van der Waals surface area contributed by atoms with Gasteiger partial charge in [0.2, 0.25) is 0 Å². The Morgan fingerprint density at radius 2 is 1.83 bits per heavy atom. The normalized spacial score (nSPS) is 22.8. The molecule has 1 aliphatic rings. The van der Waals surface area contributed by atoms with Crippen LogP contribution in [0.1, 0.15) is 55.8 Å². The van der Waals surface area contributed by atoms with Gasteiger partial charge in [-0.05, 0) is 42.7 Å². The lowest BCUT2D eigenvalue weighted by molar-refractivity contribution is 0.0867. The van der Waals surface area contributed by atoms with Crippen molar-refractivity contribution >= 4 is 0 Å². The zero-order valence-electron chi connectivity index (χ0n) is 11.0. The Hall–Kier alpha value is -0.860. The average molecular weight is 248 g/mol. The summed E-state index contributed by atoms with van der Waals surface area (Å²) in [5.41, 5.74) is 2.46. The lowest BCUT2D eigenvalue weighted by Gasteiger charge is -2.30. The molecular weight excluding hydrogens is 224 g/mol. The highest BCUT2D eigenvalue weighted by Gasteiger charge is 2.26. The maximum Gasteiger partial charge on any atom is 0.0820 e. The Balaban J connectivity index is 1.82. The van der Waals surface area contributed by atoms with Crippen LogP contribution in [0.25, 0.3) is 0 Å². The van der Waals surface area contributed by atoms with Crippen LogP contribution in [0, 0.1) is 5.92 Å². The summed E-state index contributed by atoms with van der Waals surface area (Å²) < 4.78 is 0. The Morgan fingerprint density at radius 1 is 1.06 bits per heavy atom. The highest BCUT2D eigenvalue weighted by molar-refractivity contribution is 5.31. The lowest BCUT2D eigenvalue weighted by atomic mass is 9.79. The molecule has 2 rings (SSSR count). The van der Waals surface area contributed by atoms with Crippen molar-refractivity contribution in [3.05, 3.63) is 35.4 Å². The number of aryl methyl sites for hydroxylation is 1. The van der Waals surface area contributed by atoms with Crippen LogP contribution in [0.2, 0.25) is 0 Å². The van der Waals surface area contributed by atoms with Crippen molar-refractivity contribution in [2.45, 2.75) is 51.0 Å². The van der Waals surface area contributed by atoms with E-state index in [0.717, 1.165) is 37.7 Å². The average Bonchev–Trinajstić information content (AvgIpc) is 2.41. The van der Waals surface area contributed by atoms with Crippen LogP contribution in [-0.4, -0.2) is 16.8 Å². The summed E-state index contributed by atoms with van der Waals surface area (Å²) in [4.78, 5) is 0. The molecule has 0 fully saturated rings. The van der Waals surface area contributed by atoms with Gasteiger partial charge in [-0.25, -0.2) is 0 Å². The van der Waals surface area contributed by atoms with E-state index < -0.39 is 0 Å². The Morgan fingerprint density at radius 3 is 2.67 bits per heavy atom. The maximum atomic E-state index is 10.4. The van der Waals surface area contributed by atoms with Crippen molar-refractivity contribution in [1.82, 2.24) is 0 Å². The molecule has 0 heterocycles. The minimum Gasteiger partial charge on any atom is -0.396 e. The second-order valence-corrected chi connectivity index (χ2v) is 5.37. The second-order valence-electron chi connectivity index (χ2n) is 5.37. The number of rotatable bonds is 6. The quantitative estimate of drug-likeness (QED) is 0.759. The molecule has 1 aromatic carbocycles. The molecule has 1 aliphatic carbocycles. The molecule has 0 amide bonds. The van der Waals surface area contributed by atoms with E-state index in [4.69, 9.17) is 5.11 Å². The summed E-state index contributed by atoms with van der Waals surface area (Å²) in [5, 5.41) is 19.1. The van der Waals surface area contributed by atoms with Gasteiger partial charge in [0.1, 0.15) is 0 Å². The molecule has 0 aliphatic heterocycles. The molecule has 2 N–H and O–H groups in total. The van der Waals surface area contributed by atoms with E-state index in [1.54, 1.807) is 0 Å². The van der Waals surface area contributed by atoms with Gasteiger partial charge in [0.25, 0.3) is 0 Å². The van der Waals surface area contributed by atoms with E-state index >= 15 is 0 Å². The Labute approximate surface area is 110 Å². The Bertz CT molecular complexity index is 362. The third-order valence-corrected chi connectivity index (χ3v) is 4.09. The number of benzene rings is 1. The molecule has 2 atom stereocenters. The van der Waals surface area contributed by atoms with Crippen molar-refractivity contribution in [2.24, 2.45) is 5.92 Å². The van der Waals surface area contributed by atoms with Crippen molar-refractivity contribution in [1.29, 1.82) is 0 Å². The van der Waals surface area contributed by atoms with Crippen molar-refractivity contribution in [2.75, 3.05) is 6.61 Å². The molecule has 2 nitrogen and oxygen atoms in total. The third-order valence-electron chi connectivity index (χ3n) is 4.09. The van der Waals surface area contributed by atoms with Gasteiger partial charge in [0.05, 0.1) is 6.10 Å². The van der Waals surface area contributed by atoms with E-state index in [0.29, 0.717) is 12.5 Å². The summed E-state index contributed by atoms with van der Waals surface area (Å²) in [6.07, 6.45) is 7.42. The van der Waals surface area contributed by atoms with E-state index in [9.17, 15) is 5.11 Å². The molecule has 2 heteroatoms. The summed E-state index contributed by atoms with van der Waals surface area (Å²) in [5.74, 6) is 0.425. The van der Waals surface area contributed by atoms with Crippen LogP contribution in [0.4, 0.5) is 0 Å². The number of aliphatic hydroxyl groups excluding tert-OH is 2. The second kappa shape index (κ2) is 6.91. The first-order chi connectivity index (χ1) is 8.83. The lowest BCUT2D eigenvalue weighted by Crippen LogP contribution is -2.20. The number of unbranched alkanes of at least 4 members (excludes halogenated alkanes) is 3. The van der Waals surface area contributed by atoms with Crippen LogP contribution in [-0.2, 0) is 6.42 Å². The minimum atomic E-state index is -0.271. The molecule has 0 spiro atoms. The topological polar surface area (TPSA) is 40.5 Å². The SMILES string of the molecule is OCCCCCCC1CCc2ccccc2C1O. The number of aliphatic hydroxyl groups is 2. The molecule has 0 saturated heterocycles. The Kier molecular flexibility index (Phi) is 5.21. The van der Waals surface area contributed by atoms with Crippen LogP contribution < -0.4 is 0 Å². The molecule has 2 unspecified atom stereocenters. The first-order valence-corrected chi connectivity index (χ1v) is 7.19. The molecule has 0 aromatic heterocycles. The van der Waals surface area contributed by atoms with Gasteiger partial charge < -0.3 is 10.2 Å². The molecule has 100 valence electrons. The fourth-order valence-corrected chi connectivity index (χ4v) is 2.98. The molecular formula is C16H24O2. The van der Waals surface area contributed by atoms with Gasteiger partial charge in [0.15, 0.2) is 0 Å². The largest absolute Gasteiger partial charge is 0.396 e. The number of hydrogen-bond acceptors (Lipinski definition) is 2. The highest BCUT2D eigenvalue weighted by atomic mass is 16.3. The van der Waals surface area contributed by atoms with Gasteiger partial charge in [-0.3, -0.25) is 0 Å². The summed E-state index contributed by atoms with van der Waals surface area (Å²) in [7, 11) is 0. The van der Waals surface area contributed by atoms with Gasteiger partial charge in [-0.1, -0.05) is 43.5 Å². The molecule has 0 bridgehead atoms. The van der Waals surface area contributed by atoms with E-state index in [-0.39, 0.29) is 6.10 Å². The molecule has 0 saturated carbocycles. The smallest absolute Gasteiger partial charge is 0.0820 e. The van der Waals surface area contributed by atoms with Crippen LogP contribution >= 0.6 is 0 Å². The predicted octanol–water partition coefficient (Wildman–Crippen LogP) is 3.23. The van der Waals surface area contributed by atoms with Gasteiger partial charge in [-0.2, -0.15) is 0 Å². The molecule has 0 radical (unpaired) electrons. The van der Waals surface area contributed by atoms with Crippen molar-refractivity contribution in [3.8, 4) is 0 Å². The van der Waals surface area contributed by atoms with Gasteiger partial charge >= 0.3 is 0 Å². The van der Waals surface area contributed by atoms with Gasteiger partial charge in [-0.15, -0.1) is 0 Å². The summed E-state index contributed by atoms with van der Waals surface area (Å²) in [6.45, 7) is 0.305. The third kappa shape index (κ3) is 3.33. The first-order valence-electron chi connectivity index (χ1n) is 7.19. The van der Waals surface area contributed by atoms with Crippen LogP contribution in [0.15, 0.2) is 24.3 Å². The zero-order chi connectivity index (χ0) is 12.8. The van der Waals surface area contributed by atoms with E-state index in [2.05, 4.69) is 18.2 Å². The summed E-state index contributed by atoms with van der Waals surface area (Å²) in [6, 6.07) is 8.28. The van der Waals surface area contributed by atoms with Crippen LogP contribution in [0.3, 0.4) is 0 Å². The first kappa shape index (κ1) is 13.6. The number of fused-ring (bicyclic) bond motifs is 1. The van der Waals surface area contributed by atoms with Crippen molar-refractivity contribution < 1.29 is 10.2 Å². The fraction of sp³-hybridized carbons (Fsp3) is 0.625. The zero-order valence-corrected chi connectivity index (χ0v) is 11.0. The number of hydrogen-bond donors (Lipinski definition) is 2. The fourth-order valence-electron chi connectivity index (χ4n) is 2.98. The summed E-state index contributed by atoms with van der Waals surface area (Å²) >= 11 is 0. The van der Waals surface area contributed by atoms with Crippen LogP contribution in [0.5, 0.6) is 0 Å². The standard InChI is InChI=1S/C16H24O2/c17-12-6-2-1-3-8-14-11-10-13-7-4-5-9-15(13)16(14)18/h4-5,7,9,14,16-18H,1-3,6,8,10-12H2. The molecule has 1 aromatic rings. The maximum absolute atomic E-state index is 10.4. The highest BCUT2D eigenvalue weighted by Crippen LogP contribution is 2.36. The van der Waals surface area contributed by atoms with Crippen molar-refractivity contribution in [3.63, 3.8) is 0 Å². The van der Waals surface area contributed by atoms with E-state index in [1.165, 1.54) is 18.4 Å². The molecule has 18 heavy (non-hydrogen) atoms. The van der Waals surface area contributed by atoms with E-state index in [1.807, 2.05) is 6.07 Å². The minimum absolute atomic E-state index is 0.271. The predicted molar refractivity (Wildman–Crippen MR) is 73.4 cm³/mol.